The molecule has 2 N–H and O–H groups in total. The van der Waals surface area contributed by atoms with Crippen LogP contribution in [0.1, 0.15) is 83.6 Å². The summed E-state index contributed by atoms with van der Waals surface area (Å²) in [6.07, 6.45) is 3.96. The van der Waals surface area contributed by atoms with Crippen LogP contribution in [0.25, 0.3) is 10.9 Å². The zero-order valence-electron chi connectivity index (χ0n) is 32.5. The molecule has 1 aromatic carbocycles. The third kappa shape index (κ3) is 8.63. The first-order valence-electron chi connectivity index (χ1n) is 18.9. The molecular formula is C38H54BN4O10P. The molecule has 14 nitrogen and oxygen atoms in total. The molecule has 0 spiro atoms. The molecule has 3 aliphatic rings. The number of hydrogen-bond donors (Lipinski definition) is 2. The fourth-order valence-electron chi connectivity index (χ4n) is 7.39. The Balaban J connectivity index is 1.50. The Morgan fingerprint density at radius 3 is 2.37 bits per heavy atom. The van der Waals surface area contributed by atoms with E-state index in [1.807, 2.05) is 20.8 Å². The Morgan fingerprint density at radius 1 is 1.11 bits per heavy atom. The first-order chi connectivity index (χ1) is 25.6. The highest BCUT2D eigenvalue weighted by atomic mass is 31.2. The van der Waals surface area contributed by atoms with Gasteiger partial charge in [0.2, 0.25) is 11.8 Å². The third-order valence-electron chi connectivity index (χ3n) is 10.4. The fourth-order valence-corrected chi connectivity index (χ4v) is 9.78. The van der Waals surface area contributed by atoms with Gasteiger partial charge in [-0.25, -0.2) is 9.78 Å². The summed E-state index contributed by atoms with van der Waals surface area (Å²) < 4.78 is 43.3. The summed E-state index contributed by atoms with van der Waals surface area (Å²) in [5.74, 6) is -0.768. The maximum atomic E-state index is 14.7. The zero-order valence-corrected chi connectivity index (χ0v) is 33.4. The number of carbonyl (C=O) groups is 4. The van der Waals surface area contributed by atoms with Crippen LogP contribution in [0.5, 0.6) is 11.5 Å². The Bertz CT molecular complexity index is 1790. The summed E-state index contributed by atoms with van der Waals surface area (Å²) in [5, 5.41) is 5.02. The number of alkyl carbamates (subject to hydrolysis) is 1. The van der Waals surface area contributed by atoms with Crippen molar-refractivity contribution in [1.29, 1.82) is 0 Å². The lowest BCUT2D eigenvalue weighted by atomic mass is 9.85. The lowest BCUT2D eigenvalue weighted by Crippen LogP contribution is -2.58. The number of nitrogens with zero attached hydrogens (tertiary/aromatic N) is 2. The van der Waals surface area contributed by atoms with Gasteiger partial charge < -0.3 is 38.8 Å². The Hall–Kier alpha value is -3.94. The number of amides is 3. The van der Waals surface area contributed by atoms with Crippen LogP contribution in [0.3, 0.4) is 0 Å². The summed E-state index contributed by atoms with van der Waals surface area (Å²) in [5.41, 5.74) is -0.0947. The molecule has 0 unspecified atom stereocenters. The minimum atomic E-state index is -3.88. The molecular weight excluding hydrogens is 714 g/mol. The topological polar surface area (TPSA) is 172 Å². The van der Waals surface area contributed by atoms with Crippen LogP contribution in [-0.4, -0.2) is 97.9 Å². The van der Waals surface area contributed by atoms with E-state index >= 15 is 0 Å². The first-order valence-corrected chi connectivity index (χ1v) is 20.5. The van der Waals surface area contributed by atoms with Crippen molar-refractivity contribution in [2.45, 2.75) is 109 Å². The van der Waals surface area contributed by atoms with Gasteiger partial charge in [-0.05, 0) is 69.8 Å². The predicted molar refractivity (Wildman–Crippen MR) is 206 cm³/mol. The lowest BCUT2D eigenvalue weighted by Gasteiger charge is -2.36. The number of pyridine rings is 1. The van der Waals surface area contributed by atoms with E-state index < -0.39 is 60.3 Å². The summed E-state index contributed by atoms with van der Waals surface area (Å²) in [7, 11) is -0.605. The van der Waals surface area contributed by atoms with Crippen LogP contribution in [0.2, 0.25) is 6.32 Å². The van der Waals surface area contributed by atoms with Crippen LogP contribution < -0.4 is 20.1 Å². The van der Waals surface area contributed by atoms with Crippen molar-refractivity contribution in [3.05, 3.63) is 42.6 Å². The van der Waals surface area contributed by atoms with Crippen molar-refractivity contribution < 1.29 is 47.0 Å². The van der Waals surface area contributed by atoms with Gasteiger partial charge in [-0.3, -0.25) is 18.9 Å². The van der Waals surface area contributed by atoms with E-state index in [0.717, 1.165) is 25.7 Å². The van der Waals surface area contributed by atoms with E-state index in [9.17, 15) is 23.7 Å². The second-order valence-electron chi connectivity index (χ2n) is 15.2. The third-order valence-corrected chi connectivity index (χ3v) is 13.2. The number of hydrogen-bond acceptors (Lipinski definition) is 11. The summed E-state index contributed by atoms with van der Waals surface area (Å²) in [6, 6.07) is 4.64. The van der Waals surface area contributed by atoms with E-state index in [1.165, 1.54) is 12.0 Å². The SMILES string of the molecule is BCC(=O)c1cc(O[C@@H]2C[C@@H](C(=O)N[C@]3(P(=O)(OCC)OCC)C[C@H]3C=C)N(C(=O)[C@@H](NC(=O)OC3CCCC3)C(C)(C)C)C2)c2ccc(OC)cc2n1. The minimum absolute atomic E-state index is 0.0354. The van der Waals surface area contributed by atoms with Crippen molar-refractivity contribution in [1.82, 2.24) is 20.5 Å². The average molecular weight is 769 g/mol. The lowest BCUT2D eigenvalue weighted by molar-refractivity contribution is -0.142. The molecule has 0 radical (unpaired) electrons. The van der Waals surface area contributed by atoms with Gasteiger partial charge in [0.15, 0.2) is 5.78 Å². The molecule has 1 saturated heterocycles. The first kappa shape index (κ1) is 41.2. The largest absolute Gasteiger partial charge is 0.497 e. The van der Waals surface area contributed by atoms with E-state index in [0.29, 0.717) is 22.4 Å². The van der Waals surface area contributed by atoms with Crippen molar-refractivity contribution in [3.8, 4) is 11.5 Å². The monoisotopic (exact) mass is 768 g/mol. The predicted octanol–water partition coefficient (Wildman–Crippen LogP) is 5.19. The smallest absolute Gasteiger partial charge is 0.408 e. The number of aromatic nitrogens is 1. The van der Waals surface area contributed by atoms with Crippen LogP contribution in [-0.2, 0) is 27.9 Å². The van der Waals surface area contributed by atoms with Crippen LogP contribution in [0, 0.1) is 11.3 Å². The molecule has 1 aliphatic heterocycles. The molecule has 2 aliphatic carbocycles. The highest BCUT2D eigenvalue weighted by Gasteiger charge is 2.68. The maximum Gasteiger partial charge on any atom is 0.408 e. The van der Waals surface area contributed by atoms with Crippen molar-refractivity contribution in [3.63, 3.8) is 0 Å². The number of carbonyl (C=O) groups excluding carboxylic acids is 4. The molecule has 0 bridgehead atoms. The quantitative estimate of drug-likeness (QED) is 0.0997. The molecule has 3 amide bonds. The molecule has 1 aromatic heterocycles. The number of fused-ring (bicyclic) bond motifs is 1. The van der Waals surface area contributed by atoms with E-state index in [2.05, 4.69) is 22.2 Å². The normalized spacial score (nSPS) is 23.4. The van der Waals surface area contributed by atoms with Gasteiger partial charge in [-0.2, -0.15) is 0 Å². The number of nitrogens with one attached hydrogen (secondary N) is 2. The van der Waals surface area contributed by atoms with Gasteiger partial charge in [0.25, 0.3) is 0 Å². The van der Waals surface area contributed by atoms with Crippen molar-refractivity contribution >= 4 is 50.0 Å². The molecule has 294 valence electrons. The number of ketones is 1. The van der Waals surface area contributed by atoms with E-state index in [4.69, 9.17) is 23.3 Å². The molecule has 3 fully saturated rings. The fraction of sp³-hybridized carbons (Fsp3) is 0.605. The molecule has 2 heterocycles. The Labute approximate surface area is 318 Å². The molecule has 54 heavy (non-hydrogen) atoms. The van der Waals surface area contributed by atoms with Crippen molar-refractivity contribution in [2.75, 3.05) is 26.9 Å². The second-order valence-corrected chi connectivity index (χ2v) is 17.5. The van der Waals surface area contributed by atoms with Crippen LogP contribution >= 0.6 is 7.60 Å². The number of rotatable bonds is 16. The molecule has 2 saturated carbocycles. The average Bonchev–Trinajstić information content (AvgIpc) is 3.40. The number of ether oxygens (including phenoxy) is 3. The van der Waals surface area contributed by atoms with Gasteiger partial charge >= 0.3 is 13.7 Å². The van der Waals surface area contributed by atoms with Gasteiger partial charge in [0.05, 0.1) is 32.4 Å². The number of benzene rings is 1. The minimum Gasteiger partial charge on any atom is -0.497 e. The summed E-state index contributed by atoms with van der Waals surface area (Å²) >= 11 is 0. The second kappa shape index (κ2) is 16.8. The number of Topliss-reactive ketones (excluding diaryl/α,β-unsaturated/α-hetero) is 1. The Kier molecular flexibility index (Phi) is 12.9. The highest BCUT2D eigenvalue weighted by molar-refractivity contribution is 7.56. The van der Waals surface area contributed by atoms with Gasteiger partial charge in [-0.1, -0.05) is 26.8 Å². The van der Waals surface area contributed by atoms with Crippen molar-refractivity contribution in [2.24, 2.45) is 11.3 Å². The molecule has 5 atom stereocenters. The number of likely N-dealkylation sites (tertiary alicyclic amines) is 1. The molecule has 5 rings (SSSR count). The van der Waals surface area contributed by atoms with E-state index in [-0.39, 0.29) is 56.5 Å². The van der Waals surface area contributed by atoms with Gasteiger partial charge in [0.1, 0.15) is 54.6 Å². The van der Waals surface area contributed by atoms with Gasteiger partial charge in [0, 0.05) is 29.9 Å². The summed E-state index contributed by atoms with van der Waals surface area (Å²) in [4.78, 5) is 61.2. The van der Waals surface area contributed by atoms with Crippen LogP contribution in [0.4, 0.5) is 4.79 Å². The number of methoxy groups -OCH3 is 1. The van der Waals surface area contributed by atoms with Gasteiger partial charge in [-0.15, -0.1) is 6.58 Å². The Morgan fingerprint density at radius 2 is 1.80 bits per heavy atom. The highest BCUT2D eigenvalue weighted by Crippen LogP contribution is 2.72. The zero-order chi connectivity index (χ0) is 39.4. The summed E-state index contributed by atoms with van der Waals surface area (Å²) in [6.45, 7) is 12.9. The molecule has 16 heteroatoms. The van der Waals surface area contributed by atoms with Crippen LogP contribution in [0.15, 0.2) is 36.9 Å². The molecule has 2 aromatic rings. The standard InChI is InChI=1S/C38H54BN4O10P/c1-8-23-20-38(23,54(48,50-9-2)51-10-3)42-34(45)30-18-26(52-32-19-29(31(44)21-39)40-28-17-25(49-7)15-16-27(28)32)22-43(30)35(46)33(37(4,5)6)41-36(47)53-24-13-11-12-14-24/h8,15-17,19,23-24,26,30,33H,1,9-14,18,20-22,39H2,2-7H3,(H,41,47)(H,42,45)/t23-,26-,30+,33-,38+/m1/s1. The van der Waals surface area contributed by atoms with E-state index in [1.54, 1.807) is 52.0 Å². The maximum absolute atomic E-state index is 14.7.